The normalized spacial score (nSPS) is 13.3. The van der Waals surface area contributed by atoms with Crippen molar-refractivity contribution in [1.29, 1.82) is 5.26 Å². The molecule has 0 unspecified atom stereocenters. The highest BCUT2D eigenvalue weighted by molar-refractivity contribution is 6.02. The van der Waals surface area contributed by atoms with Gasteiger partial charge < -0.3 is 9.64 Å². The number of nitrogens with zero attached hydrogens (tertiary/aromatic N) is 2. The van der Waals surface area contributed by atoms with E-state index in [0.29, 0.717) is 28.8 Å². The number of hydrogen-bond donors (Lipinski definition) is 0. The van der Waals surface area contributed by atoms with E-state index in [1.807, 2.05) is 30.3 Å². The molecule has 30 heavy (non-hydrogen) atoms. The molecule has 4 rings (SSSR count). The molecule has 3 aromatic carbocycles. The molecule has 3 aromatic rings. The van der Waals surface area contributed by atoms with Crippen molar-refractivity contribution in [3.8, 4) is 17.2 Å². The lowest BCUT2D eigenvalue weighted by Crippen LogP contribution is -2.39. The van der Waals surface area contributed by atoms with Gasteiger partial charge in [0.1, 0.15) is 0 Å². The van der Waals surface area contributed by atoms with Crippen LogP contribution in [0.1, 0.15) is 28.4 Å². The van der Waals surface area contributed by atoms with Crippen molar-refractivity contribution in [3.63, 3.8) is 0 Å². The second-order valence-corrected chi connectivity index (χ2v) is 7.12. The Balaban J connectivity index is 1.57. The number of rotatable bonds is 4. The zero-order valence-corrected chi connectivity index (χ0v) is 16.5. The Labute approximate surface area is 175 Å². The summed E-state index contributed by atoms with van der Waals surface area (Å²) in [6.45, 7) is 2.17. The third kappa shape index (κ3) is 3.56. The van der Waals surface area contributed by atoms with Gasteiger partial charge in [-0.3, -0.25) is 4.79 Å². The molecule has 0 aliphatic carbocycles. The quantitative estimate of drug-likeness (QED) is 0.615. The van der Waals surface area contributed by atoms with Crippen LogP contribution in [0, 0.1) is 11.3 Å². The monoisotopic (exact) mass is 396 g/mol. The number of fused-ring (bicyclic) bond motifs is 1. The predicted octanol–water partition coefficient (Wildman–Crippen LogP) is 4.36. The van der Waals surface area contributed by atoms with Crippen LogP contribution < -0.4 is 4.90 Å². The van der Waals surface area contributed by atoms with E-state index >= 15 is 0 Å². The maximum atomic E-state index is 12.9. The smallest absolute Gasteiger partial charge is 0.339 e. The number of benzene rings is 3. The average molecular weight is 396 g/mol. The van der Waals surface area contributed by atoms with Gasteiger partial charge in [0.15, 0.2) is 6.10 Å². The van der Waals surface area contributed by atoms with Gasteiger partial charge in [0.2, 0.25) is 0 Å². The van der Waals surface area contributed by atoms with Gasteiger partial charge in [-0.15, -0.1) is 0 Å². The third-order valence-corrected chi connectivity index (χ3v) is 5.27. The summed E-state index contributed by atoms with van der Waals surface area (Å²) in [4.78, 5) is 27.5. The van der Waals surface area contributed by atoms with Crippen LogP contribution in [0.25, 0.3) is 11.1 Å². The summed E-state index contributed by atoms with van der Waals surface area (Å²) in [6, 6.07) is 23.9. The van der Waals surface area contributed by atoms with Crippen molar-refractivity contribution >= 4 is 17.6 Å². The number of esters is 1. The third-order valence-electron chi connectivity index (χ3n) is 5.27. The highest BCUT2D eigenvalue weighted by Gasteiger charge is 2.30. The molecule has 5 heteroatoms. The standard InChI is InChI=1S/C25H20N2O3/c1-17(24(28)27-15-14-18-8-3-7-13-23(18)27)30-25(29)22-12-6-5-11-21(22)20-10-4-2-9-19(20)16-26/h2-13,17H,14-15H2,1H3/t17-/m1/s1. The molecule has 0 radical (unpaired) electrons. The highest BCUT2D eigenvalue weighted by atomic mass is 16.5. The first-order valence-corrected chi connectivity index (χ1v) is 9.79. The van der Waals surface area contributed by atoms with Gasteiger partial charge in [0.25, 0.3) is 5.91 Å². The van der Waals surface area contributed by atoms with Crippen LogP contribution in [0.4, 0.5) is 5.69 Å². The van der Waals surface area contributed by atoms with E-state index in [2.05, 4.69) is 6.07 Å². The lowest BCUT2D eigenvalue weighted by atomic mass is 9.96. The number of nitriles is 1. The van der Waals surface area contributed by atoms with Crippen LogP contribution in [0.3, 0.4) is 0 Å². The molecule has 0 saturated heterocycles. The molecule has 1 amide bonds. The van der Waals surface area contributed by atoms with Crippen molar-refractivity contribution in [2.45, 2.75) is 19.4 Å². The summed E-state index contributed by atoms with van der Waals surface area (Å²) >= 11 is 0. The Hall–Kier alpha value is -3.91. The van der Waals surface area contributed by atoms with Gasteiger partial charge in [-0.05, 0) is 42.7 Å². The maximum absolute atomic E-state index is 12.9. The van der Waals surface area contributed by atoms with E-state index in [4.69, 9.17) is 4.74 Å². The fourth-order valence-electron chi connectivity index (χ4n) is 3.77. The van der Waals surface area contributed by atoms with Crippen molar-refractivity contribution in [1.82, 2.24) is 0 Å². The summed E-state index contributed by atoms with van der Waals surface area (Å²) < 4.78 is 5.55. The van der Waals surface area contributed by atoms with Crippen molar-refractivity contribution in [3.05, 3.63) is 89.5 Å². The SMILES string of the molecule is C[C@@H](OC(=O)c1ccccc1-c1ccccc1C#N)C(=O)N1CCc2ccccc21. The first-order chi connectivity index (χ1) is 14.6. The molecule has 1 atom stereocenters. The molecule has 0 saturated carbocycles. The molecule has 148 valence electrons. The van der Waals surface area contributed by atoms with Crippen LogP contribution in [-0.4, -0.2) is 24.5 Å². The van der Waals surface area contributed by atoms with Crippen molar-refractivity contribution < 1.29 is 14.3 Å². The van der Waals surface area contributed by atoms with Gasteiger partial charge in [-0.25, -0.2) is 4.79 Å². The topological polar surface area (TPSA) is 70.4 Å². The number of amides is 1. The van der Waals surface area contributed by atoms with Crippen LogP contribution in [0.15, 0.2) is 72.8 Å². The molecule has 5 nitrogen and oxygen atoms in total. The Morgan fingerprint density at radius 1 is 0.967 bits per heavy atom. The van der Waals surface area contributed by atoms with E-state index in [0.717, 1.165) is 17.7 Å². The summed E-state index contributed by atoms with van der Waals surface area (Å²) in [7, 11) is 0. The van der Waals surface area contributed by atoms with E-state index in [1.54, 1.807) is 54.3 Å². The van der Waals surface area contributed by atoms with Gasteiger partial charge >= 0.3 is 5.97 Å². The summed E-state index contributed by atoms with van der Waals surface area (Å²) in [5.41, 5.74) is 4.03. The zero-order valence-electron chi connectivity index (χ0n) is 16.5. The molecular weight excluding hydrogens is 376 g/mol. The number of para-hydroxylation sites is 1. The molecule has 1 heterocycles. The van der Waals surface area contributed by atoms with Gasteiger partial charge in [-0.1, -0.05) is 54.6 Å². The second-order valence-electron chi connectivity index (χ2n) is 7.12. The average Bonchev–Trinajstić information content (AvgIpc) is 3.22. The minimum atomic E-state index is -0.928. The van der Waals surface area contributed by atoms with Crippen molar-refractivity contribution in [2.24, 2.45) is 0 Å². The molecule has 1 aliphatic heterocycles. The van der Waals surface area contributed by atoms with Gasteiger partial charge in [0.05, 0.1) is 17.2 Å². The van der Waals surface area contributed by atoms with Gasteiger partial charge in [-0.2, -0.15) is 5.26 Å². The first-order valence-electron chi connectivity index (χ1n) is 9.79. The highest BCUT2D eigenvalue weighted by Crippen LogP contribution is 2.30. The van der Waals surface area contributed by atoms with Crippen molar-refractivity contribution in [2.75, 3.05) is 11.4 Å². The Morgan fingerprint density at radius 2 is 1.63 bits per heavy atom. The Morgan fingerprint density at radius 3 is 2.43 bits per heavy atom. The van der Waals surface area contributed by atoms with E-state index < -0.39 is 12.1 Å². The number of hydrogen-bond acceptors (Lipinski definition) is 4. The largest absolute Gasteiger partial charge is 0.449 e. The predicted molar refractivity (Wildman–Crippen MR) is 114 cm³/mol. The molecule has 0 aromatic heterocycles. The number of carbonyl (C=O) groups is 2. The lowest BCUT2D eigenvalue weighted by molar-refractivity contribution is -0.126. The Kier molecular flexibility index (Phi) is 5.32. The van der Waals surface area contributed by atoms with E-state index in [-0.39, 0.29) is 5.91 Å². The van der Waals surface area contributed by atoms with Crippen LogP contribution >= 0.6 is 0 Å². The number of anilines is 1. The minimum absolute atomic E-state index is 0.247. The molecule has 0 spiro atoms. The maximum Gasteiger partial charge on any atom is 0.339 e. The van der Waals surface area contributed by atoms with Crippen LogP contribution in [0.2, 0.25) is 0 Å². The Bertz CT molecular complexity index is 1160. The number of ether oxygens (including phenoxy) is 1. The summed E-state index contributed by atoms with van der Waals surface area (Å²) in [5.74, 6) is -0.838. The second kappa shape index (κ2) is 8.22. The molecule has 1 aliphatic rings. The van der Waals surface area contributed by atoms with E-state index in [9.17, 15) is 14.9 Å². The number of carbonyl (C=O) groups excluding carboxylic acids is 2. The molecule has 0 N–H and O–H groups in total. The minimum Gasteiger partial charge on any atom is -0.449 e. The fourth-order valence-corrected chi connectivity index (χ4v) is 3.77. The fraction of sp³-hybridized carbons (Fsp3) is 0.160. The van der Waals surface area contributed by atoms with Crippen LogP contribution in [0.5, 0.6) is 0 Å². The summed E-state index contributed by atoms with van der Waals surface area (Å²) in [5, 5.41) is 9.41. The van der Waals surface area contributed by atoms with E-state index in [1.165, 1.54) is 0 Å². The van der Waals surface area contributed by atoms with Crippen LogP contribution in [-0.2, 0) is 16.0 Å². The van der Waals surface area contributed by atoms with Gasteiger partial charge in [0, 0.05) is 17.8 Å². The molecule has 0 fully saturated rings. The zero-order chi connectivity index (χ0) is 21.1. The summed E-state index contributed by atoms with van der Waals surface area (Å²) in [6.07, 6.45) is -0.140. The molecular formula is C25H20N2O3. The molecule has 0 bridgehead atoms. The lowest BCUT2D eigenvalue weighted by Gasteiger charge is -2.22. The first kappa shape index (κ1) is 19.4.